The van der Waals surface area contributed by atoms with Crippen LogP contribution in [0.4, 0.5) is 4.39 Å². The Balaban J connectivity index is 2.17. The lowest BCUT2D eigenvalue weighted by molar-refractivity contribution is 0.275. The van der Waals surface area contributed by atoms with E-state index < -0.39 is 7.12 Å². The molecule has 0 fully saturated rings. The average molecular weight is 234 g/mol. The minimum atomic E-state index is -0.922. The lowest BCUT2D eigenvalue weighted by Gasteiger charge is -2.04. The molecule has 2 nitrogen and oxygen atoms in total. The Hall–Kier alpha value is -1.17. The van der Waals surface area contributed by atoms with E-state index in [1.54, 1.807) is 6.07 Å². The standard InChI is InChI=1S/C11H8BFO2S/c13-10-4-7-6-15-12(14)9(7)5-8(10)11-2-1-3-16-11/h1-5,14H,6H2. The van der Waals surface area contributed by atoms with Crippen molar-refractivity contribution in [1.29, 1.82) is 0 Å². The van der Waals surface area contributed by atoms with Gasteiger partial charge in [0.25, 0.3) is 0 Å². The molecule has 0 unspecified atom stereocenters. The molecule has 5 heteroatoms. The Morgan fingerprint density at radius 2 is 2.31 bits per heavy atom. The Morgan fingerprint density at radius 1 is 1.44 bits per heavy atom. The van der Waals surface area contributed by atoms with Crippen molar-refractivity contribution in [2.24, 2.45) is 0 Å². The second-order valence-corrected chi connectivity index (χ2v) is 4.62. The normalized spacial score (nSPS) is 14.2. The molecular formula is C11H8BFO2S. The molecule has 0 aliphatic carbocycles. The molecule has 0 bridgehead atoms. The molecule has 1 N–H and O–H groups in total. The lowest BCUT2D eigenvalue weighted by Crippen LogP contribution is -2.28. The van der Waals surface area contributed by atoms with Gasteiger partial charge in [-0.25, -0.2) is 4.39 Å². The van der Waals surface area contributed by atoms with Crippen molar-refractivity contribution in [2.75, 3.05) is 0 Å². The van der Waals surface area contributed by atoms with E-state index in [-0.39, 0.29) is 12.4 Å². The summed E-state index contributed by atoms with van der Waals surface area (Å²) >= 11 is 1.47. The van der Waals surface area contributed by atoms with E-state index in [1.807, 2.05) is 17.5 Å². The minimum Gasteiger partial charge on any atom is -0.423 e. The first-order chi connectivity index (χ1) is 7.75. The molecular weight excluding hydrogens is 226 g/mol. The van der Waals surface area contributed by atoms with E-state index in [9.17, 15) is 9.41 Å². The molecule has 0 saturated carbocycles. The van der Waals surface area contributed by atoms with Crippen LogP contribution in [-0.4, -0.2) is 12.1 Å². The maximum atomic E-state index is 13.8. The van der Waals surface area contributed by atoms with Crippen LogP contribution in [0.1, 0.15) is 5.56 Å². The van der Waals surface area contributed by atoms with Crippen molar-refractivity contribution in [3.63, 3.8) is 0 Å². The summed E-state index contributed by atoms with van der Waals surface area (Å²) in [6.45, 7) is 0.276. The molecule has 0 amide bonds. The predicted molar refractivity (Wildman–Crippen MR) is 62.1 cm³/mol. The van der Waals surface area contributed by atoms with E-state index in [2.05, 4.69) is 0 Å². The molecule has 2 aromatic rings. The third kappa shape index (κ3) is 1.48. The van der Waals surface area contributed by atoms with Gasteiger partial charge >= 0.3 is 7.12 Å². The summed E-state index contributed by atoms with van der Waals surface area (Å²) < 4.78 is 18.8. The van der Waals surface area contributed by atoms with Crippen molar-refractivity contribution >= 4 is 23.9 Å². The topological polar surface area (TPSA) is 29.5 Å². The second kappa shape index (κ2) is 3.70. The predicted octanol–water partition coefficient (Wildman–Crippen LogP) is 1.77. The maximum absolute atomic E-state index is 13.8. The van der Waals surface area contributed by atoms with Crippen molar-refractivity contribution < 1.29 is 14.1 Å². The van der Waals surface area contributed by atoms with Crippen LogP contribution in [0, 0.1) is 5.82 Å². The van der Waals surface area contributed by atoms with Gasteiger partial charge in [0.05, 0.1) is 6.61 Å². The second-order valence-electron chi connectivity index (χ2n) is 3.67. The lowest BCUT2D eigenvalue weighted by atomic mass is 9.78. The van der Waals surface area contributed by atoms with Gasteiger partial charge in [-0.3, -0.25) is 0 Å². The van der Waals surface area contributed by atoms with E-state index in [1.165, 1.54) is 17.4 Å². The molecule has 3 rings (SSSR count). The van der Waals surface area contributed by atoms with Crippen LogP contribution in [0.5, 0.6) is 0 Å². The molecule has 1 aromatic heterocycles. The zero-order chi connectivity index (χ0) is 11.1. The Bertz CT molecular complexity index is 527. The third-order valence-corrected chi connectivity index (χ3v) is 3.58. The van der Waals surface area contributed by atoms with Crippen molar-refractivity contribution in [3.8, 4) is 10.4 Å². The average Bonchev–Trinajstić information content (AvgIpc) is 2.88. The molecule has 0 saturated heterocycles. The van der Waals surface area contributed by atoms with Crippen LogP contribution in [0.3, 0.4) is 0 Å². The smallest absolute Gasteiger partial charge is 0.423 e. The number of hydrogen-bond donors (Lipinski definition) is 1. The monoisotopic (exact) mass is 234 g/mol. The number of thiophene rings is 1. The largest absolute Gasteiger partial charge is 0.491 e. The summed E-state index contributed by atoms with van der Waals surface area (Å²) in [5, 5.41) is 11.5. The highest BCUT2D eigenvalue weighted by Crippen LogP contribution is 2.28. The summed E-state index contributed by atoms with van der Waals surface area (Å²) in [4.78, 5) is 0.861. The number of benzene rings is 1. The van der Waals surface area contributed by atoms with Crippen LogP contribution in [0.15, 0.2) is 29.6 Å². The van der Waals surface area contributed by atoms with Gasteiger partial charge in [0, 0.05) is 10.4 Å². The number of fused-ring (bicyclic) bond motifs is 1. The van der Waals surface area contributed by atoms with Gasteiger partial charge in [-0.15, -0.1) is 11.3 Å². The first-order valence-electron chi connectivity index (χ1n) is 4.91. The fraction of sp³-hybridized carbons (Fsp3) is 0.0909. The summed E-state index contributed by atoms with van der Waals surface area (Å²) in [7, 11) is -0.922. The summed E-state index contributed by atoms with van der Waals surface area (Å²) in [6, 6.07) is 6.85. The van der Waals surface area contributed by atoms with Gasteiger partial charge in [0.2, 0.25) is 0 Å². The van der Waals surface area contributed by atoms with Crippen LogP contribution < -0.4 is 5.46 Å². The Morgan fingerprint density at radius 3 is 3.06 bits per heavy atom. The van der Waals surface area contributed by atoms with Gasteiger partial charge in [-0.1, -0.05) is 12.1 Å². The van der Waals surface area contributed by atoms with Crippen LogP contribution in [-0.2, 0) is 11.3 Å². The Kier molecular flexibility index (Phi) is 2.31. The van der Waals surface area contributed by atoms with E-state index >= 15 is 0 Å². The van der Waals surface area contributed by atoms with Gasteiger partial charge in [0.1, 0.15) is 5.82 Å². The quantitative estimate of drug-likeness (QED) is 0.762. The summed E-state index contributed by atoms with van der Waals surface area (Å²) in [6.07, 6.45) is 0. The van der Waals surface area contributed by atoms with Crippen molar-refractivity contribution in [3.05, 3.63) is 41.0 Å². The third-order valence-electron chi connectivity index (χ3n) is 2.68. The van der Waals surface area contributed by atoms with E-state index in [0.717, 1.165) is 10.4 Å². The number of rotatable bonds is 1. The Labute approximate surface area is 96.5 Å². The highest BCUT2D eigenvalue weighted by molar-refractivity contribution is 7.13. The molecule has 1 aliphatic heterocycles. The first kappa shape index (κ1) is 10.0. The van der Waals surface area contributed by atoms with Gasteiger partial charge < -0.3 is 9.68 Å². The SMILES string of the molecule is OB1OCc2cc(F)c(-c3cccs3)cc21. The molecule has 1 aliphatic rings. The van der Waals surface area contributed by atoms with E-state index in [0.29, 0.717) is 11.0 Å². The maximum Gasteiger partial charge on any atom is 0.491 e. The molecule has 0 radical (unpaired) electrons. The molecule has 0 atom stereocenters. The zero-order valence-electron chi connectivity index (χ0n) is 8.31. The van der Waals surface area contributed by atoms with Crippen LogP contribution >= 0.6 is 11.3 Å². The fourth-order valence-corrected chi connectivity index (χ4v) is 2.61. The number of hydrogen-bond acceptors (Lipinski definition) is 3. The van der Waals surface area contributed by atoms with Crippen LogP contribution in [0.25, 0.3) is 10.4 Å². The molecule has 2 heterocycles. The van der Waals surface area contributed by atoms with Crippen LogP contribution in [0.2, 0.25) is 0 Å². The summed E-state index contributed by atoms with van der Waals surface area (Å²) in [5.74, 6) is -0.265. The fourth-order valence-electron chi connectivity index (χ4n) is 1.87. The zero-order valence-corrected chi connectivity index (χ0v) is 9.13. The first-order valence-corrected chi connectivity index (χ1v) is 5.79. The van der Waals surface area contributed by atoms with E-state index in [4.69, 9.17) is 4.65 Å². The molecule has 1 aromatic carbocycles. The molecule has 80 valence electrons. The molecule has 16 heavy (non-hydrogen) atoms. The number of halogens is 1. The minimum absolute atomic E-state index is 0.265. The van der Waals surface area contributed by atoms with Gasteiger partial charge in [-0.2, -0.15) is 0 Å². The van der Waals surface area contributed by atoms with Gasteiger partial charge in [0.15, 0.2) is 0 Å². The van der Waals surface area contributed by atoms with Gasteiger partial charge in [-0.05, 0) is 28.5 Å². The summed E-state index contributed by atoms with van der Waals surface area (Å²) in [5.41, 5.74) is 1.92. The van der Waals surface area contributed by atoms with Crippen molar-refractivity contribution in [2.45, 2.75) is 6.61 Å². The highest BCUT2D eigenvalue weighted by atomic mass is 32.1. The molecule has 0 spiro atoms. The highest BCUT2D eigenvalue weighted by Gasteiger charge is 2.28. The van der Waals surface area contributed by atoms with Crippen molar-refractivity contribution in [1.82, 2.24) is 0 Å².